The van der Waals surface area contributed by atoms with E-state index >= 15 is 0 Å². The first kappa shape index (κ1) is 13.8. The molecule has 3 nitrogen and oxygen atoms in total. The van der Waals surface area contributed by atoms with Crippen LogP contribution in [-0.2, 0) is 11.3 Å². The minimum Gasteiger partial charge on any atom is -0.395 e. The summed E-state index contributed by atoms with van der Waals surface area (Å²) in [6.45, 7) is 6.82. The Hall–Kier alpha value is -1.61. The van der Waals surface area contributed by atoms with Crippen molar-refractivity contribution in [3.8, 4) is 0 Å². The Bertz CT molecular complexity index is 477. The first-order chi connectivity index (χ1) is 9.13. The molecule has 3 heteroatoms. The Kier molecular flexibility index (Phi) is 4.05. The van der Waals surface area contributed by atoms with Gasteiger partial charge in [0.25, 0.3) is 0 Å². The average molecular weight is 259 g/mol. The molecule has 1 aromatic carbocycles. The quantitative estimate of drug-likeness (QED) is 0.796. The van der Waals surface area contributed by atoms with E-state index in [0.717, 1.165) is 18.4 Å². The molecule has 1 amide bonds. The summed E-state index contributed by atoms with van der Waals surface area (Å²) in [5.41, 5.74) is 1.82. The predicted octanol–water partition coefficient (Wildman–Crippen LogP) is 2.28. The molecule has 1 fully saturated rings. The zero-order chi connectivity index (χ0) is 13.9. The van der Waals surface area contributed by atoms with E-state index in [1.165, 1.54) is 5.56 Å². The molecule has 0 aliphatic heterocycles. The number of carbonyl (C=O) groups excluding carboxylic acids is 1. The molecular formula is C16H21NO2. The van der Waals surface area contributed by atoms with Crippen molar-refractivity contribution in [3.63, 3.8) is 0 Å². The molecule has 0 aromatic heterocycles. The highest BCUT2D eigenvalue weighted by molar-refractivity contribution is 5.85. The van der Waals surface area contributed by atoms with E-state index < -0.39 is 5.41 Å². The molecule has 0 atom stereocenters. The smallest absolute Gasteiger partial charge is 0.231 e. The van der Waals surface area contributed by atoms with Crippen LogP contribution in [0.2, 0.25) is 0 Å². The SMILES string of the molecule is C=CCN(Cc1ccccc1C)C(=O)C1(CO)CC1. The second kappa shape index (κ2) is 5.57. The van der Waals surface area contributed by atoms with E-state index in [1.54, 1.807) is 11.0 Å². The Morgan fingerprint density at radius 3 is 2.68 bits per heavy atom. The van der Waals surface area contributed by atoms with E-state index in [9.17, 15) is 9.90 Å². The van der Waals surface area contributed by atoms with Gasteiger partial charge >= 0.3 is 0 Å². The fourth-order valence-electron chi connectivity index (χ4n) is 2.29. The normalized spacial score (nSPS) is 15.9. The number of aliphatic hydroxyl groups is 1. The lowest BCUT2D eigenvalue weighted by atomic mass is 10.0. The maximum absolute atomic E-state index is 12.5. The van der Waals surface area contributed by atoms with Gasteiger partial charge in [-0.15, -0.1) is 6.58 Å². The number of hydrogen-bond acceptors (Lipinski definition) is 2. The molecule has 0 heterocycles. The zero-order valence-electron chi connectivity index (χ0n) is 11.4. The second-order valence-electron chi connectivity index (χ2n) is 5.34. The Morgan fingerprint density at radius 2 is 2.16 bits per heavy atom. The lowest BCUT2D eigenvalue weighted by Gasteiger charge is -2.26. The van der Waals surface area contributed by atoms with Gasteiger partial charge < -0.3 is 10.0 Å². The number of benzene rings is 1. The molecule has 19 heavy (non-hydrogen) atoms. The van der Waals surface area contributed by atoms with Crippen LogP contribution >= 0.6 is 0 Å². The van der Waals surface area contributed by atoms with Crippen LogP contribution in [0, 0.1) is 12.3 Å². The summed E-state index contributed by atoms with van der Waals surface area (Å²) in [4.78, 5) is 14.3. The fourth-order valence-corrected chi connectivity index (χ4v) is 2.29. The Labute approximate surface area is 114 Å². The summed E-state index contributed by atoms with van der Waals surface area (Å²) in [6, 6.07) is 8.06. The number of aliphatic hydroxyl groups excluding tert-OH is 1. The molecule has 1 aliphatic rings. The summed E-state index contributed by atoms with van der Waals surface area (Å²) in [5.74, 6) is 0.0538. The number of amides is 1. The molecule has 0 saturated heterocycles. The molecule has 1 aromatic rings. The first-order valence-electron chi connectivity index (χ1n) is 6.68. The lowest BCUT2D eigenvalue weighted by Crippen LogP contribution is -2.38. The topological polar surface area (TPSA) is 40.5 Å². The van der Waals surface area contributed by atoms with Gasteiger partial charge in [0.1, 0.15) is 0 Å². The molecule has 0 radical (unpaired) electrons. The summed E-state index contributed by atoms with van der Waals surface area (Å²) < 4.78 is 0. The molecule has 102 valence electrons. The molecule has 1 aliphatic carbocycles. The van der Waals surface area contributed by atoms with Crippen LogP contribution < -0.4 is 0 Å². The predicted molar refractivity (Wildman–Crippen MR) is 75.5 cm³/mol. The molecule has 0 unspecified atom stereocenters. The van der Waals surface area contributed by atoms with Crippen LogP contribution in [0.4, 0.5) is 0 Å². The summed E-state index contributed by atoms with van der Waals surface area (Å²) in [5, 5.41) is 9.39. The third-order valence-electron chi connectivity index (χ3n) is 3.87. The highest BCUT2D eigenvalue weighted by atomic mass is 16.3. The first-order valence-corrected chi connectivity index (χ1v) is 6.68. The highest BCUT2D eigenvalue weighted by Crippen LogP contribution is 2.46. The maximum atomic E-state index is 12.5. The molecular weight excluding hydrogens is 238 g/mol. The monoisotopic (exact) mass is 259 g/mol. The van der Waals surface area contributed by atoms with Crippen LogP contribution in [-0.4, -0.2) is 29.1 Å². The van der Waals surface area contributed by atoms with Crippen molar-refractivity contribution < 1.29 is 9.90 Å². The number of aryl methyl sites for hydroxylation is 1. The average Bonchev–Trinajstić information content (AvgIpc) is 3.21. The molecule has 1 saturated carbocycles. The molecule has 0 bridgehead atoms. The van der Waals surface area contributed by atoms with Crippen molar-refractivity contribution in [2.75, 3.05) is 13.2 Å². The van der Waals surface area contributed by atoms with Crippen molar-refractivity contribution in [2.24, 2.45) is 5.41 Å². The van der Waals surface area contributed by atoms with Crippen LogP contribution in [0.15, 0.2) is 36.9 Å². The van der Waals surface area contributed by atoms with Gasteiger partial charge in [-0.1, -0.05) is 30.3 Å². The highest BCUT2D eigenvalue weighted by Gasteiger charge is 2.51. The fraction of sp³-hybridized carbons (Fsp3) is 0.438. The lowest BCUT2D eigenvalue weighted by molar-refractivity contribution is -0.138. The largest absolute Gasteiger partial charge is 0.395 e. The van der Waals surface area contributed by atoms with Crippen LogP contribution in [0.5, 0.6) is 0 Å². The second-order valence-corrected chi connectivity index (χ2v) is 5.34. The molecule has 2 rings (SSSR count). The minimum absolute atomic E-state index is 0.0484. The van der Waals surface area contributed by atoms with E-state index in [1.807, 2.05) is 31.2 Å². The van der Waals surface area contributed by atoms with Crippen molar-refractivity contribution >= 4 is 5.91 Å². The summed E-state index contributed by atoms with van der Waals surface area (Å²) in [7, 11) is 0. The third kappa shape index (κ3) is 2.87. The van der Waals surface area contributed by atoms with Gasteiger partial charge in [0, 0.05) is 13.1 Å². The van der Waals surface area contributed by atoms with Crippen LogP contribution in [0.1, 0.15) is 24.0 Å². The van der Waals surface area contributed by atoms with Crippen molar-refractivity contribution in [1.82, 2.24) is 4.90 Å². The van der Waals surface area contributed by atoms with Crippen molar-refractivity contribution in [3.05, 3.63) is 48.0 Å². The van der Waals surface area contributed by atoms with Gasteiger partial charge in [0.2, 0.25) is 5.91 Å². The maximum Gasteiger partial charge on any atom is 0.231 e. The van der Waals surface area contributed by atoms with Gasteiger partial charge in [0.15, 0.2) is 0 Å². The number of rotatable bonds is 6. The van der Waals surface area contributed by atoms with Crippen molar-refractivity contribution in [1.29, 1.82) is 0 Å². The van der Waals surface area contributed by atoms with E-state index in [0.29, 0.717) is 13.1 Å². The van der Waals surface area contributed by atoms with Gasteiger partial charge in [-0.3, -0.25) is 4.79 Å². The van der Waals surface area contributed by atoms with Gasteiger partial charge in [-0.05, 0) is 30.9 Å². The van der Waals surface area contributed by atoms with Gasteiger partial charge in [-0.2, -0.15) is 0 Å². The van der Waals surface area contributed by atoms with Crippen LogP contribution in [0.3, 0.4) is 0 Å². The number of carbonyl (C=O) groups is 1. The molecule has 0 spiro atoms. The van der Waals surface area contributed by atoms with Gasteiger partial charge in [0.05, 0.1) is 12.0 Å². The Morgan fingerprint density at radius 1 is 1.47 bits per heavy atom. The van der Waals surface area contributed by atoms with E-state index in [-0.39, 0.29) is 12.5 Å². The standard InChI is InChI=1S/C16H21NO2/c1-3-10-17(15(19)16(12-18)8-9-16)11-14-7-5-4-6-13(14)2/h3-7,18H,1,8-12H2,2H3. The minimum atomic E-state index is -0.508. The molecule has 1 N–H and O–H groups in total. The third-order valence-corrected chi connectivity index (χ3v) is 3.87. The van der Waals surface area contributed by atoms with Gasteiger partial charge in [-0.25, -0.2) is 0 Å². The van der Waals surface area contributed by atoms with E-state index in [2.05, 4.69) is 6.58 Å². The Balaban J connectivity index is 2.15. The zero-order valence-corrected chi connectivity index (χ0v) is 11.4. The number of hydrogen-bond donors (Lipinski definition) is 1. The summed E-state index contributed by atoms with van der Waals surface area (Å²) >= 11 is 0. The summed E-state index contributed by atoms with van der Waals surface area (Å²) in [6.07, 6.45) is 3.33. The van der Waals surface area contributed by atoms with Crippen molar-refractivity contribution in [2.45, 2.75) is 26.3 Å². The van der Waals surface area contributed by atoms with E-state index in [4.69, 9.17) is 0 Å². The number of nitrogens with zero attached hydrogens (tertiary/aromatic N) is 1. The van der Waals surface area contributed by atoms with Crippen LogP contribution in [0.25, 0.3) is 0 Å².